The maximum absolute atomic E-state index is 5.27. The molecule has 0 amide bonds. The average Bonchev–Trinajstić information content (AvgIpc) is 2.76. The van der Waals surface area contributed by atoms with E-state index in [9.17, 15) is 0 Å². The van der Waals surface area contributed by atoms with Crippen LogP contribution < -0.4 is 0 Å². The van der Waals surface area contributed by atoms with Crippen LogP contribution in [0.3, 0.4) is 0 Å². The number of rotatable bonds is 3. The van der Waals surface area contributed by atoms with Gasteiger partial charge >= 0.3 is 0 Å². The molecule has 0 bridgehead atoms. The highest BCUT2D eigenvalue weighted by atomic mass is 16.5. The molecule has 1 saturated heterocycles. The van der Waals surface area contributed by atoms with Crippen molar-refractivity contribution < 1.29 is 4.52 Å². The number of hydrogen-bond donors (Lipinski definition) is 0. The van der Waals surface area contributed by atoms with E-state index in [2.05, 4.69) is 33.2 Å². The predicted octanol–water partition coefficient (Wildman–Crippen LogP) is 3.50. The summed E-state index contributed by atoms with van der Waals surface area (Å²) in [5, 5.41) is 4.24. The molecule has 2 aromatic heterocycles. The summed E-state index contributed by atoms with van der Waals surface area (Å²) in [6.07, 6.45) is 8.73. The summed E-state index contributed by atoms with van der Waals surface area (Å²) < 4.78 is 5.27. The number of likely N-dealkylation sites (tertiary alicyclic amines) is 1. The lowest BCUT2D eigenvalue weighted by molar-refractivity contribution is 0.183. The monoisotopic (exact) mass is 271 g/mol. The summed E-state index contributed by atoms with van der Waals surface area (Å²) in [5.74, 6) is 0.896. The van der Waals surface area contributed by atoms with Gasteiger partial charge in [-0.15, -0.1) is 0 Å². The summed E-state index contributed by atoms with van der Waals surface area (Å²) in [5.41, 5.74) is 2.39. The molecule has 4 nitrogen and oxygen atoms in total. The SMILES string of the molecule is Cc1cc([C@H]2CCCCCN2Cc2ccncc2)no1. The Kier molecular flexibility index (Phi) is 4.11. The average molecular weight is 271 g/mol. The molecule has 0 N–H and O–H groups in total. The van der Waals surface area contributed by atoms with Gasteiger partial charge in [-0.25, -0.2) is 0 Å². The van der Waals surface area contributed by atoms with Crippen molar-refractivity contribution in [2.45, 2.75) is 45.2 Å². The molecule has 1 aliphatic rings. The Balaban J connectivity index is 1.80. The topological polar surface area (TPSA) is 42.2 Å². The first kappa shape index (κ1) is 13.3. The highest BCUT2D eigenvalue weighted by molar-refractivity contribution is 5.13. The standard InChI is InChI=1S/C16H21N3O/c1-13-11-15(18-20-13)16-5-3-2-4-10-19(16)12-14-6-8-17-9-7-14/h6-9,11,16H,2-5,10,12H2,1H3/t16-/m1/s1. The van der Waals surface area contributed by atoms with E-state index >= 15 is 0 Å². The second-order valence-corrected chi connectivity index (χ2v) is 5.55. The smallest absolute Gasteiger partial charge is 0.133 e. The van der Waals surface area contributed by atoms with E-state index in [1.807, 2.05) is 19.3 Å². The molecule has 20 heavy (non-hydrogen) atoms. The molecule has 0 aliphatic carbocycles. The fourth-order valence-electron chi connectivity index (χ4n) is 2.96. The van der Waals surface area contributed by atoms with Crippen LogP contribution in [0, 0.1) is 6.92 Å². The molecule has 1 aliphatic heterocycles. The van der Waals surface area contributed by atoms with Gasteiger partial charge in [0.25, 0.3) is 0 Å². The summed E-state index contributed by atoms with van der Waals surface area (Å²) in [7, 11) is 0. The lowest BCUT2D eigenvalue weighted by Gasteiger charge is -2.28. The lowest BCUT2D eigenvalue weighted by atomic mass is 10.1. The molecule has 0 radical (unpaired) electrons. The molecular weight excluding hydrogens is 250 g/mol. The van der Waals surface area contributed by atoms with Gasteiger partial charge in [-0.3, -0.25) is 9.88 Å². The van der Waals surface area contributed by atoms with Crippen molar-refractivity contribution in [1.82, 2.24) is 15.0 Å². The zero-order chi connectivity index (χ0) is 13.8. The number of pyridine rings is 1. The Morgan fingerprint density at radius 3 is 2.85 bits per heavy atom. The van der Waals surface area contributed by atoms with Crippen LogP contribution >= 0.6 is 0 Å². The molecule has 106 valence electrons. The third kappa shape index (κ3) is 3.07. The zero-order valence-electron chi connectivity index (χ0n) is 12.0. The van der Waals surface area contributed by atoms with Crippen molar-refractivity contribution >= 4 is 0 Å². The van der Waals surface area contributed by atoms with Crippen molar-refractivity contribution in [3.05, 3.63) is 47.6 Å². The molecule has 4 heteroatoms. The first-order valence-corrected chi connectivity index (χ1v) is 7.39. The van der Waals surface area contributed by atoms with Crippen molar-refractivity contribution in [3.63, 3.8) is 0 Å². The van der Waals surface area contributed by atoms with Crippen LogP contribution in [0.25, 0.3) is 0 Å². The summed E-state index contributed by atoms with van der Waals surface area (Å²) >= 11 is 0. The Labute approximate surface area is 119 Å². The molecule has 0 unspecified atom stereocenters. The van der Waals surface area contributed by atoms with Gasteiger partial charge in [0.1, 0.15) is 11.5 Å². The molecule has 1 atom stereocenters. The molecule has 3 heterocycles. The number of hydrogen-bond acceptors (Lipinski definition) is 4. The number of aromatic nitrogens is 2. The van der Waals surface area contributed by atoms with Gasteiger partial charge in [0.05, 0.1) is 6.04 Å². The minimum Gasteiger partial charge on any atom is -0.361 e. The van der Waals surface area contributed by atoms with Crippen LogP contribution in [-0.2, 0) is 6.54 Å². The minimum atomic E-state index is 0.378. The third-order valence-electron chi connectivity index (χ3n) is 3.99. The summed E-state index contributed by atoms with van der Waals surface area (Å²) in [4.78, 5) is 6.62. The van der Waals surface area contributed by atoms with E-state index in [0.29, 0.717) is 6.04 Å². The molecule has 2 aromatic rings. The molecule has 0 spiro atoms. The molecule has 0 aromatic carbocycles. The fraction of sp³-hybridized carbons (Fsp3) is 0.500. The van der Waals surface area contributed by atoms with Gasteiger partial charge in [0.2, 0.25) is 0 Å². The third-order valence-corrected chi connectivity index (χ3v) is 3.99. The van der Waals surface area contributed by atoms with Crippen molar-refractivity contribution in [3.8, 4) is 0 Å². The first-order valence-electron chi connectivity index (χ1n) is 7.39. The van der Waals surface area contributed by atoms with Gasteiger partial charge in [0, 0.05) is 25.0 Å². The molecule has 3 rings (SSSR count). The highest BCUT2D eigenvalue weighted by Crippen LogP contribution is 2.30. The van der Waals surface area contributed by atoms with Crippen LogP contribution in [0.1, 0.15) is 48.7 Å². The van der Waals surface area contributed by atoms with E-state index in [1.54, 1.807) is 0 Å². The summed E-state index contributed by atoms with van der Waals surface area (Å²) in [6, 6.07) is 6.64. The molecule has 1 fully saturated rings. The second kappa shape index (κ2) is 6.18. The van der Waals surface area contributed by atoms with E-state index in [0.717, 1.165) is 31.0 Å². The van der Waals surface area contributed by atoms with Gasteiger partial charge in [-0.05, 0) is 44.0 Å². The van der Waals surface area contributed by atoms with Crippen LogP contribution in [0.4, 0.5) is 0 Å². The van der Waals surface area contributed by atoms with E-state index in [-0.39, 0.29) is 0 Å². The van der Waals surface area contributed by atoms with Crippen molar-refractivity contribution in [2.75, 3.05) is 6.54 Å². The van der Waals surface area contributed by atoms with Gasteiger partial charge in [-0.1, -0.05) is 18.0 Å². The van der Waals surface area contributed by atoms with E-state index < -0.39 is 0 Å². The van der Waals surface area contributed by atoms with Crippen molar-refractivity contribution in [2.24, 2.45) is 0 Å². The van der Waals surface area contributed by atoms with Crippen LogP contribution in [0.5, 0.6) is 0 Å². The van der Waals surface area contributed by atoms with Crippen LogP contribution in [-0.4, -0.2) is 21.6 Å². The van der Waals surface area contributed by atoms with Gasteiger partial charge in [-0.2, -0.15) is 0 Å². The Morgan fingerprint density at radius 1 is 1.25 bits per heavy atom. The Bertz CT molecular complexity index is 538. The first-order chi connectivity index (χ1) is 9.83. The molecular formula is C16H21N3O. The molecule has 0 saturated carbocycles. The maximum atomic E-state index is 5.27. The largest absolute Gasteiger partial charge is 0.361 e. The normalized spacial score (nSPS) is 20.8. The van der Waals surface area contributed by atoms with Crippen LogP contribution in [0.2, 0.25) is 0 Å². The number of nitrogens with zero attached hydrogens (tertiary/aromatic N) is 3. The predicted molar refractivity (Wildman–Crippen MR) is 77.1 cm³/mol. The van der Waals surface area contributed by atoms with E-state index in [1.165, 1.54) is 24.8 Å². The zero-order valence-corrected chi connectivity index (χ0v) is 12.0. The van der Waals surface area contributed by atoms with Gasteiger partial charge < -0.3 is 4.52 Å². The second-order valence-electron chi connectivity index (χ2n) is 5.55. The highest BCUT2D eigenvalue weighted by Gasteiger charge is 2.25. The maximum Gasteiger partial charge on any atom is 0.133 e. The fourth-order valence-corrected chi connectivity index (χ4v) is 2.96. The number of aryl methyl sites for hydroxylation is 1. The van der Waals surface area contributed by atoms with E-state index in [4.69, 9.17) is 4.52 Å². The summed E-state index contributed by atoms with van der Waals surface area (Å²) in [6.45, 7) is 4.04. The minimum absolute atomic E-state index is 0.378. The van der Waals surface area contributed by atoms with Crippen molar-refractivity contribution in [1.29, 1.82) is 0 Å². The quantitative estimate of drug-likeness (QED) is 0.857. The van der Waals surface area contributed by atoms with Gasteiger partial charge in [0.15, 0.2) is 0 Å². The lowest BCUT2D eigenvalue weighted by Crippen LogP contribution is -2.28. The Hall–Kier alpha value is -1.68. The Morgan fingerprint density at radius 2 is 2.10 bits per heavy atom. The van der Waals surface area contributed by atoms with Crippen LogP contribution in [0.15, 0.2) is 35.1 Å².